The minimum absolute atomic E-state index is 0.0689. The number of para-hydroxylation sites is 1. The zero-order valence-electron chi connectivity index (χ0n) is 17.7. The Hall–Kier alpha value is -3.13. The molecule has 0 radical (unpaired) electrons. The number of rotatable bonds is 7. The third-order valence-electron chi connectivity index (χ3n) is 5.40. The maximum atomic E-state index is 13.4. The van der Waals surface area contributed by atoms with Crippen LogP contribution in [0.25, 0.3) is 10.9 Å². The molecule has 7 nitrogen and oxygen atoms in total. The van der Waals surface area contributed by atoms with Gasteiger partial charge in [-0.1, -0.05) is 25.1 Å². The minimum Gasteiger partial charge on any atom is -0.481 e. The van der Waals surface area contributed by atoms with Crippen molar-refractivity contribution < 1.29 is 9.90 Å². The molecule has 0 aliphatic carbocycles. The quantitative estimate of drug-likeness (QED) is 0.387. The Balaban J connectivity index is 2.23. The molecule has 1 heterocycles. The van der Waals surface area contributed by atoms with Crippen LogP contribution in [-0.4, -0.2) is 25.9 Å². The van der Waals surface area contributed by atoms with E-state index in [2.05, 4.69) is 12.6 Å². The van der Waals surface area contributed by atoms with E-state index in [0.29, 0.717) is 27.8 Å². The lowest BCUT2D eigenvalue weighted by molar-refractivity contribution is -0.138. The number of thiol groups is 1. The minimum atomic E-state index is -1.08. The lowest BCUT2D eigenvalue weighted by Gasteiger charge is -2.20. The van der Waals surface area contributed by atoms with Gasteiger partial charge in [-0.25, -0.2) is 4.79 Å². The van der Waals surface area contributed by atoms with Gasteiger partial charge in [0.05, 0.1) is 35.6 Å². The second-order valence-electron chi connectivity index (χ2n) is 7.68. The van der Waals surface area contributed by atoms with Gasteiger partial charge in [0, 0.05) is 10.5 Å². The predicted octanol–water partition coefficient (Wildman–Crippen LogP) is 3.56. The van der Waals surface area contributed by atoms with Gasteiger partial charge in [0.1, 0.15) is 0 Å². The smallest absolute Gasteiger partial charge is 0.332 e. The highest BCUT2D eigenvalue weighted by atomic mass is 32.1. The zero-order valence-corrected chi connectivity index (χ0v) is 18.6. The van der Waals surface area contributed by atoms with Crippen LogP contribution in [0.1, 0.15) is 42.5 Å². The number of hydrogen-bond acceptors (Lipinski definition) is 5. The van der Waals surface area contributed by atoms with Gasteiger partial charge >= 0.3 is 11.7 Å². The first-order chi connectivity index (χ1) is 14.6. The molecule has 31 heavy (non-hydrogen) atoms. The van der Waals surface area contributed by atoms with Crippen LogP contribution in [0.4, 0.5) is 0 Å². The van der Waals surface area contributed by atoms with Crippen molar-refractivity contribution in [3.05, 3.63) is 73.9 Å². The molecule has 3 rings (SSSR count). The van der Waals surface area contributed by atoms with Gasteiger partial charge in [-0.05, 0) is 49.6 Å². The summed E-state index contributed by atoms with van der Waals surface area (Å²) < 4.78 is 2.39. The van der Waals surface area contributed by atoms with Crippen LogP contribution in [-0.2, 0) is 11.3 Å². The highest BCUT2D eigenvalue weighted by Gasteiger charge is 2.22. The topological polar surface area (TPSA) is 105 Å². The van der Waals surface area contributed by atoms with E-state index >= 15 is 0 Å². The fourth-order valence-corrected chi connectivity index (χ4v) is 4.52. The third kappa shape index (κ3) is 4.34. The lowest BCUT2D eigenvalue weighted by atomic mass is 10.0. The molecule has 0 bridgehead atoms. The molecule has 2 aromatic carbocycles. The number of aryl methyl sites for hydroxylation is 2. The SMILES string of the molecule is CCC(CC(=O)O)n1c(=O)c2ccccc2n(CC(=N)c2c(C)cc(C)cc2S)c1=O. The molecule has 1 atom stereocenters. The van der Waals surface area contributed by atoms with Crippen LogP contribution in [0.2, 0.25) is 0 Å². The molecule has 0 saturated carbocycles. The summed E-state index contributed by atoms with van der Waals surface area (Å²) in [5.74, 6) is -1.08. The summed E-state index contributed by atoms with van der Waals surface area (Å²) in [7, 11) is 0. The largest absolute Gasteiger partial charge is 0.481 e. The number of carboxylic acids is 1. The number of benzene rings is 2. The van der Waals surface area contributed by atoms with Crippen LogP contribution in [0.5, 0.6) is 0 Å². The summed E-state index contributed by atoms with van der Waals surface area (Å²) in [6.07, 6.45) is -0.0195. The number of hydrogen-bond donors (Lipinski definition) is 3. The average Bonchev–Trinajstić information content (AvgIpc) is 2.69. The molecule has 0 aliphatic rings. The second kappa shape index (κ2) is 8.93. The molecule has 3 aromatic rings. The first kappa shape index (κ1) is 22.6. The van der Waals surface area contributed by atoms with Crippen molar-refractivity contribution in [1.29, 1.82) is 5.41 Å². The van der Waals surface area contributed by atoms with Crippen molar-refractivity contribution >= 4 is 35.2 Å². The Bertz CT molecular complexity index is 1280. The number of fused-ring (bicyclic) bond motifs is 1. The Morgan fingerprint density at radius 3 is 2.48 bits per heavy atom. The van der Waals surface area contributed by atoms with Crippen molar-refractivity contribution in [2.45, 2.75) is 51.1 Å². The van der Waals surface area contributed by atoms with E-state index in [9.17, 15) is 19.5 Å². The maximum absolute atomic E-state index is 13.4. The molecule has 1 aromatic heterocycles. The molecule has 0 fully saturated rings. The van der Waals surface area contributed by atoms with Gasteiger partial charge in [0.2, 0.25) is 0 Å². The summed E-state index contributed by atoms with van der Waals surface area (Å²) in [5.41, 5.74) is 2.00. The summed E-state index contributed by atoms with van der Waals surface area (Å²) in [5, 5.41) is 18.3. The van der Waals surface area contributed by atoms with E-state index in [0.717, 1.165) is 15.7 Å². The van der Waals surface area contributed by atoms with Crippen molar-refractivity contribution in [2.24, 2.45) is 0 Å². The predicted molar refractivity (Wildman–Crippen MR) is 124 cm³/mol. The van der Waals surface area contributed by atoms with Crippen molar-refractivity contribution in [3.63, 3.8) is 0 Å². The molecule has 1 unspecified atom stereocenters. The molecule has 0 saturated heterocycles. The van der Waals surface area contributed by atoms with E-state index in [1.54, 1.807) is 31.2 Å². The highest BCUT2D eigenvalue weighted by Crippen LogP contribution is 2.22. The van der Waals surface area contributed by atoms with Crippen LogP contribution in [0.15, 0.2) is 50.9 Å². The maximum Gasteiger partial charge on any atom is 0.332 e. The molecule has 8 heteroatoms. The Morgan fingerprint density at radius 1 is 1.19 bits per heavy atom. The summed E-state index contributed by atoms with van der Waals surface area (Å²) in [6.45, 7) is 5.50. The normalized spacial score (nSPS) is 12.1. The van der Waals surface area contributed by atoms with Crippen molar-refractivity contribution in [1.82, 2.24) is 9.13 Å². The Morgan fingerprint density at radius 2 is 1.87 bits per heavy atom. The van der Waals surface area contributed by atoms with Crippen LogP contribution in [0, 0.1) is 19.3 Å². The standard InChI is InChI=1S/C23H25N3O4S/c1-4-15(11-20(27)28)26-22(29)16-7-5-6-8-18(16)25(23(26)30)12-17(24)21-14(3)9-13(2)10-19(21)31/h5-10,15,24,31H,4,11-12H2,1-3H3,(H,27,28). The Labute approximate surface area is 184 Å². The van der Waals surface area contributed by atoms with Gasteiger partial charge < -0.3 is 10.5 Å². The van der Waals surface area contributed by atoms with Gasteiger partial charge in [-0.15, -0.1) is 12.6 Å². The first-order valence-corrected chi connectivity index (χ1v) is 10.4. The van der Waals surface area contributed by atoms with E-state index in [4.69, 9.17) is 5.41 Å². The fraction of sp³-hybridized carbons (Fsp3) is 0.304. The molecule has 0 spiro atoms. The van der Waals surface area contributed by atoms with E-state index < -0.39 is 23.3 Å². The number of aromatic nitrogens is 2. The molecule has 0 amide bonds. The summed E-state index contributed by atoms with van der Waals surface area (Å²) in [4.78, 5) is 38.4. The van der Waals surface area contributed by atoms with Crippen LogP contribution >= 0.6 is 12.6 Å². The fourth-order valence-electron chi connectivity index (χ4n) is 4.01. The number of carbonyl (C=O) groups is 1. The molecule has 162 valence electrons. The number of nitrogens with one attached hydrogen (secondary N) is 1. The van der Waals surface area contributed by atoms with E-state index in [-0.39, 0.29) is 18.7 Å². The molecule has 0 aliphatic heterocycles. The van der Waals surface area contributed by atoms with E-state index in [1.165, 1.54) is 4.57 Å². The second-order valence-corrected chi connectivity index (χ2v) is 8.16. The number of carboxylic acid groups (broad SMARTS) is 1. The number of aliphatic carboxylic acids is 1. The third-order valence-corrected chi connectivity index (χ3v) is 5.76. The highest BCUT2D eigenvalue weighted by molar-refractivity contribution is 7.80. The number of nitrogens with zero attached hydrogens (tertiary/aromatic N) is 2. The van der Waals surface area contributed by atoms with Crippen molar-refractivity contribution in [2.75, 3.05) is 0 Å². The zero-order chi connectivity index (χ0) is 22.9. The summed E-state index contributed by atoms with van der Waals surface area (Å²) >= 11 is 4.52. The van der Waals surface area contributed by atoms with E-state index in [1.807, 2.05) is 26.0 Å². The van der Waals surface area contributed by atoms with Gasteiger partial charge in [0.15, 0.2) is 0 Å². The van der Waals surface area contributed by atoms with Crippen molar-refractivity contribution in [3.8, 4) is 0 Å². The van der Waals surface area contributed by atoms with Gasteiger partial charge in [0.25, 0.3) is 5.56 Å². The van der Waals surface area contributed by atoms with Gasteiger partial charge in [-0.2, -0.15) is 0 Å². The van der Waals surface area contributed by atoms with Crippen LogP contribution < -0.4 is 11.2 Å². The van der Waals surface area contributed by atoms with Gasteiger partial charge in [-0.3, -0.25) is 18.7 Å². The lowest BCUT2D eigenvalue weighted by Crippen LogP contribution is -2.43. The van der Waals surface area contributed by atoms with Crippen LogP contribution in [0.3, 0.4) is 0 Å². The molecular weight excluding hydrogens is 414 g/mol. The molecular formula is C23H25N3O4S. The first-order valence-electron chi connectivity index (χ1n) is 9.99. The Kier molecular flexibility index (Phi) is 6.50. The summed E-state index contributed by atoms with van der Waals surface area (Å²) in [6, 6.07) is 9.74. The monoisotopic (exact) mass is 439 g/mol. The average molecular weight is 440 g/mol. The molecule has 2 N–H and O–H groups in total.